The van der Waals surface area contributed by atoms with Crippen LogP contribution in [0.4, 0.5) is 4.39 Å². The van der Waals surface area contributed by atoms with Gasteiger partial charge >= 0.3 is 0 Å². The maximum absolute atomic E-state index is 13.8. The van der Waals surface area contributed by atoms with Crippen molar-refractivity contribution in [2.45, 2.75) is 39.3 Å². The van der Waals surface area contributed by atoms with Crippen LogP contribution in [0.5, 0.6) is 11.5 Å². The van der Waals surface area contributed by atoms with E-state index in [0.29, 0.717) is 5.75 Å². The molecule has 0 saturated carbocycles. The Hall–Kier alpha value is -0.816. The van der Waals surface area contributed by atoms with Crippen LogP contribution in [-0.4, -0.2) is 16.6 Å². The van der Waals surface area contributed by atoms with Crippen molar-refractivity contribution in [2.24, 2.45) is 0 Å². The van der Waals surface area contributed by atoms with Crippen molar-refractivity contribution in [1.29, 1.82) is 0 Å². The van der Waals surface area contributed by atoms with E-state index >= 15 is 0 Å². The van der Waals surface area contributed by atoms with Gasteiger partial charge in [0, 0.05) is 0 Å². The molecule has 0 unspecified atom stereocenters. The van der Waals surface area contributed by atoms with Gasteiger partial charge in [-0.3, -0.25) is 0 Å². The number of para-hydroxylation sites is 1. The number of benzene rings is 1. The average molecular weight is 272 g/mol. The maximum Gasteiger partial charge on any atom is 0.242 e. The van der Waals surface area contributed by atoms with Crippen molar-refractivity contribution in [3.8, 4) is 11.5 Å². The van der Waals surface area contributed by atoms with E-state index in [2.05, 4.69) is 19.6 Å². The first-order chi connectivity index (χ1) is 7.58. The van der Waals surface area contributed by atoms with Gasteiger partial charge in [-0.15, -0.1) is 0 Å². The van der Waals surface area contributed by atoms with Crippen LogP contribution < -0.4 is 8.85 Å². The van der Waals surface area contributed by atoms with Gasteiger partial charge in [0.1, 0.15) is 5.75 Å². The molecule has 0 fully saturated rings. The fourth-order valence-corrected chi connectivity index (χ4v) is 2.94. The summed E-state index contributed by atoms with van der Waals surface area (Å²) in [4.78, 5) is 0. The molecule has 0 N–H and O–H groups in total. The third kappa shape index (κ3) is 4.91. The van der Waals surface area contributed by atoms with Crippen LogP contribution in [-0.2, 0) is 0 Å². The highest BCUT2D eigenvalue weighted by Crippen LogP contribution is 2.33. The van der Waals surface area contributed by atoms with Gasteiger partial charge in [-0.25, -0.2) is 4.39 Å². The minimum absolute atomic E-state index is 0.272. The Kier molecular flexibility index (Phi) is 4.04. The number of halogens is 1. The minimum atomic E-state index is -1.84. The quantitative estimate of drug-likeness (QED) is 0.763. The van der Waals surface area contributed by atoms with Crippen LogP contribution in [0.25, 0.3) is 0 Å². The second-order valence-corrected chi connectivity index (χ2v) is 14.9. The molecule has 1 aromatic rings. The molecule has 0 aliphatic carbocycles. The van der Waals surface area contributed by atoms with Crippen molar-refractivity contribution in [3.05, 3.63) is 24.0 Å². The number of hydrogen-bond acceptors (Lipinski definition) is 2. The molecule has 5 heteroatoms. The van der Waals surface area contributed by atoms with Gasteiger partial charge in [0.25, 0.3) is 0 Å². The summed E-state index contributed by atoms with van der Waals surface area (Å²) in [5.41, 5.74) is 0. The first-order valence-corrected chi connectivity index (χ1v) is 12.6. The predicted molar refractivity (Wildman–Crippen MR) is 74.3 cm³/mol. The summed E-state index contributed by atoms with van der Waals surface area (Å²) in [5.74, 6) is 0.462. The molecule has 0 aromatic heterocycles. The van der Waals surface area contributed by atoms with Gasteiger partial charge in [-0.2, -0.15) is 0 Å². The molecule has 0 heterocycles. The number of hydrogen-bond donors (Lipinski definition) is 0. The van der Waals surface area contributed by atoms with E-state index in [0.717, 1.165) is 0 Å². The van der Waals surface area contributed by atoms with E-state index in [1.807, 2.05) is 19.6 Å². The molecule has 0 aliphatic rings. The first-order valence-electron chi connectivity index (χ1n) is 5.75. The van der Waals surface area contributed by atoms with Crippen molar-refractivity contribution >= 4 is 16.6 Å². The fraction of sp³-hybridized carbons (Fsp3) is 0.500. The third-order valence-electron chi connectivity index (χ3n) is 1.76. The van der Waals surface area contributed by atoms with Gasteiger partial charge < -0.3 is 8.85 Å². The summed E-state index contributed by atoms with van der Waals surface area (Å²) in [5, 5.41) is 0. The molecule has 1 aromatic carbocycles. The lowest BCUT2D eigenvalue weighted by molar-refractivity contribution is 0.453. The third-order valence-corrected chi connectivity index (χ3v) is 3.40. The zero-order valence-corrected chi connectivity index (χ0v) is 13.4. The molecular formula is C12H21FO2Si2. The summed E-state index contributed by atoms with van der Waals surface area (Å²) >= 11 is 0. The van der Waals surface area contributed by atoms with E-state index in [1.165, 1.54) is 6.07 Å². The molecule has 0 atom stereocenters. The second-order valence-electron chi connectivity index (χ2n) is 6.00. The zero-order valence-electron chi connectivity index (χ0n) is 11.4. The van der Waals surface area contributed by atoms with E-state index in [1.54, 1.807) is 12.1 Å². The molecule has 0 spiro atoms. The smallest absolute Gasteiger partial charge is 0.242 e. The average Bonchev–Trinajstić information content (AvgIpc) is 2.07. The molecule has 0 amide bonds. The summed E-state index contributed by atoms with van der Waals surface area (Å²) in [6.07, 6.45) is 0. The van der Waals surface area contributed by atoms with Crippen molar-refractivity contribution in [3.63, 3.8) is 0 Å². The lowest BCUT2D eigenvalue weighted by Gasteiger charge is -2.25. The van der Waals surface area contributed by atoms with Crippen LogP contribution in [0.15, 0.2) is 18.2 Å². The summed E-state index contributed by atoms with van der Waals surface area (Å²) in [7, 11) is -3.60. The maximum atomic E-state index is 13.8. The van der Waals surface area contributed by atoms with E-state index in [-0.39, 0.29) is 11.6 Å². The van der Waals surface area contributed by atoms with Gasteiger partial charge in [-0.1, -0.05) is 6.07 Å². The summed E-state index contributed by atoms with van der Waals surface area (Å²) < 4.78 is 25.4. The molecule has 0 saturated heterocycles. The molecule has 0 bridgehead atoms. The van der Waals surface area contributed by atoms with Crippen LogP contribution in [0, 0.1) is 5.82 Å². The summed E-state index contributed by atoms with van der Waals surface area (Å²) in [6, 6.07) is 4.84. The van der Waals surface area contributed by atoms with Crippen LogP contribution in [0.1, 0.15) is 0 Å². The SMILES string of the molecule is C[Si](C)(C)Oc1cccc(F)c1O[Si](C)(C)C. The monoisotopic (exact) mass is 272 g/mol. The van der Waals surface area contributed by atoms with Gasteiger partial charge in [0.15, 0.2) is 11.6 Å². The lowest BCUT2D eigenvalue weighted by Crippen LogP contribution is -2.32. The second kappa shape index (κ2) is 4.82. The summed E-state index contributed by atoms with van der Waals surface area (Å²) in [6.45, 7) is 12.3. The molecule has 17 heavy (non-hydrogen) atoms. The molecular weight excluding hydrogens is 251 g/mol. The Labute approximate surface area is 105 Å². The number of rotatable bonds is 4. The zero-order chi connectivity index (χ0) is 13.3. The Bertz CT molecular complexity index is 394. The minimum Gasteiger partial charge on any atom is -0.542 e. The van der Waals surface area contributed by atoms with Crippen molar-refractivity contribution in [2.75, 3.05) is 0 Å². The van der Waals surface area contributed by atoms with Crippen LogP contribution in [0.2, 0.25) is 39.3 Å². The van der Waals surface area contributed by atoms with E-state index in [4.69, 9.17) is 8.85 Å². The highest BCUT2D eigenvalue weighted by atomic mass is 28.4. The Morgan fingerprint density at radius 2 is 1.41 bits per heavy atom. The predicted octanol–water partition coefficient (Wildman–Crippen LogP) is 4.25. The normalized spacial score (nSPS) is 12.4. The van der Waals surface area contributed by atoms with Crippen molar-refractivity contribution < 1.29 is 13.2 Å². The molecule has 0 aliphatic heterocycles. The molecule has 1 rings (SSSR count). The Balaban J connectivity index is 3.09. The first kappa shape index (κ1) is 14.2. The Morgan fingerprint density at radius 1 is 0.882 bits per heavy atom. The standard InChI is InChI=1S/C12H21FO2Si2/c1-16(2,3)14-11-9-7-8-10(13)12(11)15-17(4,5)6/h7-9H,1-6H3. The topological polar surface area (TPSA) is 18.5 Å². The molecule has 96 valence electrons. The van der Waals surface area contributed by atoms with Gasteiger partial charge in [0.05, 0.1) is 0 Å². The van der Waals surface area contributed by atoms with Gasteiger partial charge in [0.2, 0.25) is 16.6 Å². The molecule has 2 nitrogen and oxygen atoms in total. The molecule has 0 radical (unpaired) electrons. The van der Waals surface area contributed by atoms with E-state index < -0.39 is 16.6 Å². The van der Waals surface area contributed by atoms with Crippen LogP contribution >= 0.6 is 0 Å². The van der Waals surface area contributed by atoms with Crippen LogP contribution in [0.3, 0.4) is 0 Å². The fourth-order valence-electron chi connectivity index (χ4n) is 1.30. The highest BCUT2D eigenvalue weighted by Gasteiger charge is 2.24. The van der Waals surface area contributed by atoms with Gasteiger partial charge in [-0.05, 0) is 51.4 Å². The highest BCUT2D eigenvalue weighted by molar-refractivity contribution is 6.71. The Morgan fingerprint density at radius 3 is 1.88 bits per heavy atom. The van der Waals surface area contributed by atoms with Crippen molar-refractivity contribution in [1.82, 2.24) is 0 Å². The lowest BCUT2D eigenvalue weighted by atomic mass is 10.3. The van der Waals surface area contributed by atoms with E-state index in [9.17, 15) is 4.39 Å². The largest absolute Gasteiger partial charge is 0.542 e.